The second-order valence-electron chi connectivity index (χ2n) is 6.31. The number of carbonyl (C=O) groups excluding carboxylic acids is 2. The Hall–Kier alpha value is -2.82. The number of nitrogens with zero attached hydrogens (tertiary/aromatic N) is 1. The van der Waals surface area contributed by atoms with Crippen LogP contribution in [0.25, 0.3) is 0 Å². The molecule has 130 valence electrons. The number of fused-ring (bicyclic) bond motifs is 1. The van der Waals surface area contributed by atoms with Gasteiger partial charge in [0.05, 0.1) is 5.56 Å². The van der Waals surface area contributed by atoms with Crippen LogP contribution in [0.3, 0.4) is 0 Å². The second-order valence-corrected chi connectivity index (χ2v) is 6.31. The van der Waals surface area contributed by atoms with Gasteiger partial charge in [-0.3, -0.25) is 4.79 Å². The summed E-state index contributed by atoms with van der Waals surface area (Å²) >= 11 is 0. The molecule has 1 heterocycles. The fourth-order valence-corrected chi connectivity index (χ4v) is 3.12. The highest BCUT2D eigenvalue weighted by molar-refractivity contribution is 6.01. The first-order valence-electron chi connectivity index (χ1n) is 8.44. The molecule has 2 aromatic rings. The van der Waals surface area contributed by atoms with Gasteiger partial charge < -0.3 is 15.4 Å². The van der Waals surface area contributed by atoms with E-state index in [4.69, 9.17) is 10.5 Å². The van der Waals surface area contributed by atoms with Crippen molar-refractivity contribution in [2.24, 2.45) is 0 Å². The first kappa shape index (κ1) is 17.0. The Morgan fingerprint density at radius 3 is 2.72 bits per heavy atom. The molecule has 2 N–H and O–H groups in total. The molecule has 1 aliphatic heterocycles. The minimum Gasteiger partial charge on any atom is -0.449 e. The Kier molecular flexibility index (Phi) is 4.74. The minimum absolute atomic E-state index is 0.216. The van der Waals surface area contributed by atoms with Gasteiger partial charge in [0.2, 0.25) is 0 Å². The van der Waals surface area contributed by atoms with Crippen LogP contribution >= 0.6 is 0 Å². The number of amides is 1. The molecule has 0 radical (unpaired) electrons. The van der Waals surface area contributed by atoms with E-state index in [2.05, 4.69) is 0 Å². The quantitative estimate of drug-likeness (QED) is 0.689. The van der Waals surface area contributed by atoms with Gasteiger partial charge in [0, 0.05) is 17.9 Å². The summed E-state index contributed by atoms with van der Waals surface area (Å²) in [5, 5.41) is 0. The SMILES string of the molecule is Cc1cccc(C(=O)O[C@@H](C)C(=O)N2CCCc3ccccc32)c1N. The zero-order valence-corrected chi connectivity index (χ0v) is 14.5. The van der Waals surface area contributed by atoms with Gasteiger partial charge >= 0.3 is 5.97 Å². The lowest BCUT2D eigenvalue weighted by molar-refractivity contribution is -0.126. The summed E-state index contributed by atoms with van der Waals surface area (Å²) < 4.78 is 5.39. The third kappa shape index (κ3) is 3.36. The summed E-state index contributed by atoms with van der Waals surface area (Å²) in [7, 11) is 0. The predicted molar refractivity (Wildman–Crippen MR) is 97.6 cm³/mol. The van der Waals surface area contributed by atoms with Crippen molar-refractivity contribution < 1.29 is 14.3 Å². The molecule has 0 fully saturated rings. The lowest BCUT2D eigenvalue weighted by Crippen LogP contribution is -2.42. The zero-order valence-electron chi connectivity index (χ0n) is 14.5. The van der Waals surface area contributed by atoms with E-state index < -0.39 is 12.1 Å². The van der Waals surface area contributed by atoms with Crippen LogP contribution in [-0.4, -0.2) is 24.5 Å². The van der Waals surface area contributed by atoms with Crippen molar-refractivity contribution in [3.05, 3.63) is 59.2 Å². The normalized spacial score (nSPS) is 14.6. The van der Waals surface area contributed by atoms with Crippen molar-refractivity contribution in [1.82, 2.24) is 0 Å². The van der Waals surface area contributed by atoms with Gasteiger partial charge in [0.25, 0.3) is 5.91 Å². The lowest BCUT2D eigenvalue weighted by Gasteiger charge is -2.31. The first-order chi connectivity index (χ1) is 12.0. The summed E-state index contributed by atoms with van der Waals surface area (Å²) in [5.41, 5.74) is 9.47. The van der Waals surface area contributed by atoms with Crippen molar-refractivity contribution in [2.75, 3.05) is 17.2 Å². The van der Waals surface area contributed by atoms with E-state index in [1.165, 1.54) is 0 Å². The molecule has 2 aromatic carbocycles. The average Bonchev–Trinajstić information content (AvgIpc) is 2.62. The molecular weight excluding hydrogens is 316 g/mol. The topological polar surface area (TPSA) is 72.6 Å². The van der Waals surface area contributed by atoms with Crippen LogP contribution in [-0.2, 0) is 16.0 Å². The number of hydrogen-bond donors (Lipinski definition) is 1. The molecule has 0 saturated carbocycles. The van der Waals surface area contributed by atoms with Crippen LogP contribution in [0.4, 0.5) is 11.4 Å². The number of carbonyl (C=O) groups is 2. The van der Waals surface area contributed by atoms with Crippen molar-refractivity contribution in [1.29, 1.82) is 0 Å². The highest BCUT2D eigenvalue weighted by atomic mass is 16.5. The molecule has 5 nitrogen and oxygen atoms in total. The number of para-hydroxylation sites is 2. The summed E-state index contributed by atoms with van der Waals surface area (Å²) in [6, 6.07) is 13.0. The maximum Gasteiger partial charge on any atom is 0.341 e. The molecule has 1 aliphatic rings. The molecule has 5 heteroatoms. The third-order valence-electron chi connectivity index (χ3n) is 4.55. The van der Waals surface area contributed by atoms with Crippen LogP contribution < -0.4 is 10.6 Å². The molecule has 1 amide bonds. The Bertz CT molecular complexity index is 816. The Morgan fingerprint density at radius 1 is 1.16 bits per heavy atom. The van der Waals surface area contributed by atoms with Crippen molar-refractivity contribution in [2.45, 2.75) is 32.8 Å². The number of hydrogen-bond acceptors (Lipinski definition) is 4. The smallest absolute Gasteiger partial charge is 0.341 e. The molecule has 0 saturated heterocycles. The number of aryl methyl sites for hydroxylation is 2. The number of esters is 1. The lowest BCUT2D eigenvalue weighted by atomic mass is 10.0. The molecule has 1 atom stereocenters. The van der Waals surface area contributed by atoms with Crippen LogP contribution in [0.1, 0.15) is 34.8 Å². The first-order valence-corrected chi connectivity index (χ1v) is 8.44. The number of rotatable bonds is 3. The number of ether oxygens (including phenoxy) is 1. The Morgan fingerprint density at radius 2 is 1.92 bits per heavy atom. The van der Waals surface area contributed by atoms with Crippen molar-refractivity contribution >= 4 is 23.3 Å². The van der Waals surface area contributed by atoms with Crippen LogP contribution in [0, 0.1) is 6.92 Å². The van der Waals surface area contributed by atoms with Crippen LogP contribution in [0.5, 0.6) is 0 Å². The van der Waals surface area contributed by atoms with E-state index in [9.17, 15) is 9.59 Å². The van der Waals surface area contributed by atoms with E-state index in [1.807, 2.05) is 37.3 Å². The van der Waals surface area contributed by atoms with Crippen LogP contribution in [0.15, 0.2) is 42.5 Å². The van der Waals surface area contributed by atoms with E-state index >= 15 is 0 Å². The van der Waals surface area contributed by atoms with Crippen molar-refractivity contribution in [3.8, 4) is 0 Å². The van der Waals surface area contributed by atoms with Gasteiger partial charge in [-0.05, 0) is 49.9 Å². The van der Waals surface area contributed by atoms with Gasteiger partial charge in [0.15, 0.2) is 6.10 Å². The van der Waals surface area contributed by atoms with E-state index in [0.717, 1.165) is 29.7 Å². The number of benzene rings is 2. The minimum atomic E-state index is -0.876. The highest BCUT2D eigenvalue weighted by Gasteiger charge is 2.29. The number of anilines is 2. The van der Waals surface area contributed by atoms with Gasteiger partial charge in [-0.15, -0.1) is 0 Å². The molecule has 0 unspecified atom stereocenters. The fraction of sp³-hybridized carbons (Fsp3) is 0.300. The van der Waals surface area contributed by atoms with E-state index in [0.29, 0.717) is 17.8 Å². The number of nitrogens with two attached hydrogens (primary N) is 1. The van der Waals surface area contributed by atoms with E-state index in [-0.39, 0.29) is 5.91 Å². The number of nitrogen functional groups attached to an aromatic ring is 1. The van der Waals surface area contributed by atoms with Gasteiger partial charge in [-0.25, -0.2) is 4.79 Å². The summed E-state index contributed by atoms with van der Waals surface area (Å²) in [5.74, 6) is -0.793. The monoisotopic (exact) mass is 338 g/mol. The molecule has 3 rings (SSSR count). The average molecular weight is 338 g/mol. The fourth-order valence-electron chi connectivity index (χ4n) is 3.12. The van der Waals surface area contributed by atoms with Crippen LogP contribution in [0.2, 0.25) is 0 Å². The van der Waals surface area contributed by atoms with Gasteiger partial charge in [-0.1, -0.05) is 30.3 Å². The van der Waals surface area contributed by atoms with Crippen molar-refractivity contribution in [3.63, 3.8) is 0 Å². The molecular formula is C20H22N2O3. The summed E-state index contributed by atoms with van der Waals surface area (Å²) in [6.07, 6.45) is 0.973. The van der Waals surface area contributed by atoms with Gasteiger partial charge in [0.1, 0.15) is 0 Å². The predicted octanol–water partition coefficient (Wildman–Crippen LogP) is 3.10. The molecule has 0 aliphatic carbocycles. The zero-order chi connectivity index (χ0) is 18.0. The maximum atomic E-state index is 12.8. The van der Waals surface area contributed by atoms with Gasteiger partial charge in [-0.2, -0.15) is 0 Å². The third-order valence-corrected chi connectivity index (χ3v) is 4.55. The molecule has 25 heavy (non-hydrogen) atoms. The molecule has 0 spiro atoms. The highest BCUT2D eigenvalue weighted by Crippen LogP contribution is 2.27. The molecule has 0 bridgehead atoms. The Balaban J connectivity index is 1.76. The maximum absolute atomic E-state index is 12.8. The largest absolute Gasteiger partial charge is 0.449 e. The summed E-state index contributed by atoms with van der Waals surface area (Å²) in [4.78, 5) is 26.9. The summed E-state index contributed by atoms with van der Waals surface area (Å²) in [6.45, 7) is 4.05. The Labute approximate surface area is 147 Å². The molecule has 0 aromatic heterocycles. The van der Waals surface area contributed by atoms with E-state index in [1.54, 1.807) is 24.0 Å². The standard InChI is InChI=1S/C20H22N2O3/c1-13-7-5-10-16(18(13)21)20(24)25-14(2)19(23)22-12-6-9-15-8-3-4-11-17(15)22/h3-5,7-8,10-11,14H,6,9,12,21H2,1-2H3/t14-/m0/s1. The second kappa shape index (κ2) is 6.97.